The summed E-state index contributed by atoms with van der Waals surface area (Å²) in [6.45, 7) is 6.91. The van der Waals surface area contributed by atoms with Crippen molar-refractivity contribution in [2.45, 2.75) is 46.1 Å². The Morgan fingerprint density at radius 1 is 1.09 bits per heavy atom. The Morgan fingerprint density at radius 3 is 2.34 bits per heavy atom. The largest absolute Gasteiger partial charge is 0.325 e. The quantitative estimate of drug-likeness (QED) is 0.469. The molecule has 1 aromatic carbocycles. The molecule has 0 bridgehead atoms. The van der Waals surface area contributed by atoms with Crippen LogP contribution in [0.3, 0.4) is 0 Å². The first-order valence-corrected chi connectivity index (χ1v) is 10.2. The van der Waals surface area contributed by atoms with Gasteiger partial charge in [-0.2, -0.15) is 0 Å². The number of imide groups is 1. The molecule has 0 unspecified atom stereocenters. The molecule has 1 fully saturated rings. The van der Waals surface area contributed by atoms with E-state index in [9.17, 15) is 23.6 Å². The van der Waals surface area contributed by atoms with E-state index in [1.807, 2.05) is 11.5 Å². The lowest BCUT2D eigenvalue weighted by Crippen LogP contribution is -2.42. The smallest absolute Gasteiger partial charge is 0.324 e. The van der Waals surface area contributed by atoms with Crippen LogP contribution in [0.25, 0.3) is 5.69 Å². The predicted molar refractivity (Wildman–Crippen MR) is 114 cm³/mol. The van der Waals surface area contributed by atoms with Crippen molar-refractivity contribution in [2.24, 2.45) is 0 Å². The molecule has 0 atom stereocenters. The van der Waals surface area contributed by atoms with Crippen molar-refractivity contribution in [3.63, 3.8) is 0 Å². The molecule has 0 radical (unpaired) electrons. The van der Waals surface area contributed by atoms with Crippen LogP contribution >= 0.6 is 0 Å². The van der Waals surface area contributed by atoms with Crippen molar-refractivity contribution in [2.75, 3.05) is 6.54 Å². The van der Waals surface area contributed by atoms with Crippen molar-refractivity contribution in [3.05, 3.63) is 53.1 Å². The topological polar surface area (TPSA) is 113 Å². The number of hydrazine groups is 1. The van der Waals surface area contributed by atoms with Crippen LogP contribution in [0.15, 0.2) is 30.3 Å². The average molecular weight is 443 g/mol. The fraction of sp³-hybridized carbons (Fsp3) is 0.364. The molecule has 2 aromatic rings. The number of rotatable bonds is 6. The zero-order chi connectivity index (χ0) is 23.6. The van der Waals surface area contributed by atoms with Gasteiger partial charge in [-0.25, -0.2) is 9.18 Å². The first-order chi connectivity index (χ1) is 15.0. The maximum absolute atomic E-state index is 13.2. The molecular weight excluding hydrogens is 417 g/mol. The third-order valence-electron chi connectivity index (χ3n) is 5.31. The van der Waals surface area contributed by atoms with Gasteiger partial charge in [0.1, 0.15) is 11.4 Å². The number of hydrogen-bond acceptors (Lipinski definition) is 4. The van der Waals surface area contributed by atoms with Gasteiger partial charge in [0, 0.05) is 30.0 Å². The van der Waals surface area contributed by atoms with E-state index >= 15 is 0 Å². The van der Waals surface area contributed by atoms with Crippen molar-refractivity contribution in [1.82, 2.24) is 25.6 Å². The molecule has 3 N–H and O–H groups in total. The van der Waals surface area contributed by atoms with Gasteiger partial charge in [-0.1, -0.05) is 0 Å². The van der Waals surface area contributed by atoms with E-state index in [4.69, 9.17) is 0 Å². The summed E-state index contributed by atoms with van der Waals surface area (Å²) in [6, 6.07) is 7.12. The first kappa shape index (κ1) is 23.0. The standard InChI is InChI=1S/C22H26FN5O4/c1-13-12-17(14(2)28(13)16-9-7-15(23)8-10-16)19(30)26-25-18(29)6-5-11-27-20(31)22(3,4)24-21(27)32/h7-10,12H,5-6,11H2,1-4H3,(H,24,32)(H,25,29)(H,26,30). The summed E-state index contributed by atoms with van der Waals surface area (Å²) in [4.78, 5) is 49.7. The monoisotopic (exact) mass is 443 g/mol. The number of hydrogen-bond donors (Lipinski definition) is 3. The molecule has 1 aliphatic rings. The van der Waals surface area contributed by atoms with E-state index in [0.717, 1.165) is 10.6 Å². The van der Waals surface area contributed by atoms with Crippen molar-refractivity contribution >= 4 is 23.8 Å². The maximum atomic E-state index is 13.2. The minimum absolute atomic E-state index is 0.0202. The van der Waals surface area contributed by atoms with Gasteiger partial charge in [-0.15, -0.1) is 0 Å². The van der Waals surface area contributed by atoms with Crippen LogP contribution in [0, 0.1) is 19.7 Å². The van der Waals surface area contributed by atoms with E-state index in [-0.39, 0.29) is 31.1 Å². The molecule has 9 nitrogen and oxygen atoms in total. The van der Waals surface area contributed by atoms with Crippen molar-refractivity contribution in [1.29, 1.82) is 0 Å². The number of carbonyl (C=O) groups excluding carboxylic acids is 4. The Kier molecular flexibility index (Phi) is 6.33. The average Bonchev–Trinajstić information content (AvgIpc) is 3.13. The molecule has 0 saturated carbocycles. The second kappa shape index (κ2) is 8.81. The van der Waals surface area contributed by atoms with Crippen LogP contribution in [0.5, 0.6) is 0 Å². The molecule has 0 aliphatic carbocycles. The van der Waals surface area contributed by atoms with E-state index in [1.54, 1.807) is 39.0 Å². The Labute approximate surface area is 184 Å². The minimum Gasteiger partial charge on any atom is -0.324 e. The normalized spacial score (nSPS) is 15.0. The van der Waals surface area contributed by atoms with Gasteiger partial charge in [0.2, 0.25) is 5.91 Å². The predicted octanol–water partition coefficient (Wildman–Crippen LogP) is 2.10. The Bertz CT molecular complexity index is 1070. The Balaban J connectivity index is 1.53. The Morgan fingerprint density at radius 2 is 1.75 bits per heavy atom. The van der Waals surface area contributed by atoms with Crippen molar-refractivity contribution in [3.8, 4) is 5.69 Å². The molecule has 170 valence electrons. The van der Waals surface area contributed by atoms with Crippen LogP contribution in [0.4, 0.5) is 9.18 Å². The summed E-state index contributed by atoms with van der Waals surface area (Å²) in [5.74, 6) is -1.63. The minimum atomic E-state index is -0.951. The number of benzene rings is 1. The van der Waals surface area contributed by atoms with E-state index in [0.29, 0.717) is 16.9 Å². The summed E-state index contributed by atoms with van der Waals surface area (Å²) in [6.07, 6.45) is 0.280. The fourth-order valence-electron chi connectivity index (χ4n) is 3.66. The molecular formula is C22H26FN5O4. The van der Waals surface area contributed by atoms with Crippen LogP contribution < -0.4 is 16.2 Å². The third kappa shape index (κ3) is 4.63. The van der Waals surface area contributed by atoms with Crippen LogP contribution in [-0.2, 0) is 9.59 Å². The van der Waals surface area contributed by atoms with Gasteiger partial charge in [0.25, 0.3) is 11.8 Å². The van der Waals surface area contributed by atoms with Gasteiger partial charge < -0.3 is 9.88 Å². The number of carbonyl (C=O) groups is 4. The molecule has 1 saturated heterocycles. The zero-order valence-electron chi connectivity index (χ0n) is 18.4. The molecule has 10 heteroatoms. The summed E-state index contributed by atoms with van der Waals surface area (Å²) in [7, 11) is 0. The molecule has 3 rings (SSSR count). The van der Waals surface area contributed by atoms with Gasteiger partial charge in [-0.3, -0.25) is 30.1 Å². The second-order valence-corrected chi connectivity index (χ2v) is 8.21. The summed E-state index contributed by atoms with van der Waals surface area (Å²) in [5.41, 5.74) is 6.28. The molecule has 0 spiro atoms. The first-order valence-electron chi connectivity index (χ1n) is 10.2. The van der Waals surface area contributed by atoms with Gasteiger partial charge in [0.05, 0.1) is 5.56 Å². The maximum Gasteiger partial charge on any atom is 0.325 e. The summed E-state index contributed by atoms with van der Waals surface area (Å²) < 4.78 is 15.0. The number of nitrogens with one attached hydrogen (secondary N) is 3. The molecule has 1 aliphatic heterocycles. The van der Waals surface area contributed by atoms with Gasteiger partial charge in [-0.05, 0) is 64.4 Å². The van der Waals surface area contributed by atoms with E-state index < -0.39 is 23.4 Å². The highest BCUT2D eigenvalue weighted by Crippen LogP contribution is 2.21. The van der Waals surface area contributed by atoms with Crippen LogP contribution in [0.1, 0.15) is 48.4 Å². The van der Waals surface area contributed by atoms with E-state index in [2.05, 4.69) is 16.2 Å². The number of urea groups is 1. The summed E-state index contributed by atoms with van der Waals surface area (Å²) in [5, 5.41) is 2.58. The van der Waals surface area contributed by atoms with Crippen LogP contribution in [0.2, 0.25) is 0 Å². The molecule has 1 aromatic heterocycles. The summed E-state index contributed by atoms with van der Waals surface area (Å²) >= 11 is 0. The highest BCUT2D eigenvalue weighted by atomic mass is 19.1. The SMILES string of the molecule is Cc1cc(C(=O)NNC(=O)CCCN2C(=O)NC(C)(C)C2=O)c(C)n1-c1ccc(F)cc1. The van der Waals surface area contributed by atoms with Gasteiger partial charge in [0.15, 0.2) is 0 Å². The second-order valence-electron chi connectivity index (χ2n) is 8.21. The highest BCUT2D eigenvalue weighted by molar-refractivity contribution is 6.06. The highest BCUT2D eigenvalue weighted by Gasteiger charge is 2.43. The number of aromatic nitrogens is 1. The zero-order valence-corrected chi connectivity index (χ0v) is 18.4. The third-order valence-corrected chi connectivity index (χ3v) is 5.31. The Hall–Kier alpha value is -3.69. The number of aryl methyl sites for hydroxylation is 1. The van der Waals surface area contributed by atoms with Crippen molar-refractivity contribution < 1.29 is 23.6 Å². The lowest BCUT2D eigenvalue weighted by atomic mass is 10.1. The van der Waals surface area contributed by atoms with Gasteiger partial charge >= 0.3 is 6.03 Å². The van der Waals surface area contributed by atoms with E-state index in [1.165, 1.54) is 12.1 Å². The number of amides is 5. The molecule has 2 heterocycles. The number of nitrogens with zero attached hydrogens (tertiary/aromatic N) is 2. The molecule has 32 heavy (non-hydrogen) atoms. The molecule has 5 amide bonds. The lowest BCUT2D eigenvalue weighted by molar-refractivity contribution is -0.130. The van der Waals surface area contributed by atoms with Crippen LogP contribution in [-0.4, -0.2) is 45.3 Å². The number of halogens is 1. The fourth-order valence-corrected chi connectivity index (χ4v) is 3.66. The lowest BCUT2D eigenvalue weighted by Gasteiger charge is -2.15.